The van der Waals surface area contributed by atoms with Gasteiger partial charge in [0.05, 0.1) is 16.4 Å². The minimum Gasteiger partial charge on any atom is -0.455 e. The molecule has 0 radical (unpaired) electrons. The highest BCUT2D eigenvalue weighted by Gasteiger charge is 2.46. The Hall–Kier alpha value is -9.76. The van der Waals surface area contributed by atoms with E-state index < -0.39 is 53.8 Å². The van der Waals surface area contributed by atoms with E-state index >= 15 is 0 Å². The van der Waals surface area contributed by atoms with Gasteiger partial charge in [-0.3, -0.25) is 0 Å². The van der Waals surface area contributed by atoms with Crippen molar-refractivity contribution in [2.24, 2.45) is 0 Å². The minimum atomic E-state index is -0.798. The van der Waals surface area contributed by atoms with Gasteiger partial charge in [0.15, 0.2) is 0 Å². The average molecular weight is 992 g/mol. The van der Waals surface area contributed by atoms with Crippen molar-refractivity contribution in [2.45, 2.75) is 17.8 Å². The quantitative estimate of drug-likeness (QED) is 0.120. The van der Waals surface area contributed by atoms with Gasteiger partial charge in [0.1, 0.15) is 11.2 Å². The van der Waals surface area contributed by atoms with Crippen LogP contribution < -0.4 is 4.90 Å². The predicted octanol–water partition coefficient (Wildman–Crippen LogP) is 20.0. The molecule has 2 heteroatoms. The zero-order chi connectivity index (χ0) is 58.1. The number of rotatable bonds is 11. The van der Waals surface area contributed by atoms with Gasteiger partial charge in [-0.15, -0.1) is 0 Å². The second-order valence-corrected chi connectivity index (χ2v) is 19.6. The van der Waals surface area contributed by atoms with Crippen molar-refractivity contribution in [2.75, 3.05) is 4.90 Å². The number of allylic oxidation sites excluding steroid dienone is 5. The van der Waals surface area contributed by atoms with Gasteiger partial charge in [-0.2, -0.15) is 0 Å². The lowest BCUT2D eigenvalue weighted by Gasteiger charge is -2.35. The first-order valence-corrected chi connectivity index (χ1v) is 26.1. The van der Waals surface area contributed by atoms with Crippen LogP contribution in [0.15, 0.2) is 307 Å². The van der Waals surface area contributed by atoms with Gasteiger partial charge in [-0.05, 0) is 133 Å². The molecule has 0 bridgehead atoms. The average Bonchev–Trinajstić information content (AvgIpc) is 1.65. The molecule has 1 aromatic heterocycles. The second kappa shape index (κ2) is 19.5. The highest BCUT2D eigenvalue weighted by Crippen LogP contribution is 2.57. The van der Waals surface area contributed by atoms with Crippen molar-refractivity contribution in [3.63, 3.8) is 0 Å². The summed E-state index contributed by atoms with van der Waals surface area (Å²) in [5, 5.41) is 1.60. The summed E-state index contributed by atoms with van der Waals surface area (Å²) in [4.78, 5) is 1.79. The molecule has 0 amide bonds. The molecule has 0 N–H and O–H groups in total. The van der Waals surface area contributed by atoms with Crippen LogP contribution >= 0.6 is 0 Å². The lowest BCUT2D eigenvalue weighted by atomic mass is 9.67. The third kappa shape index (κ3) is 8.14. The Balaban J connectivity index is 0.920. The zero-order valence-electron chi connectivity index (χ0n) is 49.9. The summed E-state index contributed by atoms with van der Waals surface area (Å²) in [5.41, 5.74) is 12.9. The Labute approximate surface area is 461 Å². The van der Waals surface area contributed by atoms with E-state index in [0.29, 0.717) is 28.1 Å². The topological polar surface area (TPSA) is 16.4 Å². The molecule has 364 valence electrons. The molecule has 0 aliphatic heterocycles. The number of hydrogen-bond donors (Lipinski definition) is 0. The molecule has 2 aliphatic carbocycles. The van der Waals surface area contributed by atoms with Crippen LogP contribution in [0.5, 0.6) is 0 Å². The fourth-order valence-corrected chi connectivity index (χ4v) is 11.6. The number of anilines is 3. The standard InChI is InChI=1S/C75H53NO/c1-5-18-52(19-6-1)50-70(57-20-7-2-8-21-57)59-38-34-54(35-39-59)56-42-46-63(47-43-56)76(62-44-40-55(41-45-62)53-32-36-58(37-33-53)65-28-17-29-69-68-27-14-16-31-73(68)77-74(65)69)64-48-49-67-66-26-13-15-30-71(66)75(72(67)51-64,60-22-9-3-10-23-60)61-24-11-4-12-25-61/h1-34,36-51,54H,35H2/b70-50+/i32D,33D,36D,37D,40D,41D,44D,45D. The number of nitrogens with zero attached hydrogens (tertiary/aromatic N) is 1. The van der Waals surface area contributed by atoms with Crippen molar-refractivity contribution in [3.05, 3.63) is 342 Å². The lowest BCUT2D eigenvalue weighted by Crippen LogP contribution is -2.28. The first-order chi connectivity index (χ1) is 41.5. The molecule has 0 saturated carbocycles. The van der Waals surface area contributed by atoms with Crippen LogP contribution in [0, 0.1) is 0 Å². The highest BCUT2D eigenvalue weighted by molar-refractivity contribution is 6.09. The van der Waals surface area contributed by atoms with Gasteiger partial charge in [-0.25, -0.2) is 0 Å². The summed E-state index contributed by atoms with van der Waals surface area (Å²) in [6, 6.07) is 73.6. The first kappa shape index (κ1) is 37.9. The van der Waals surface area contributed by atoms with Gasteiger partial charge < -0.3 is 9.32 Å². The van der Waals surface area contributed by atoms with E-state index in [4.69, 9.17) is 4.42 Å². The molecule has 2 aliphatic rings. The molecule has 1 heterocycles. The number of furan rings is 1. The molecule has 2 nitrogen and oxygen atoms in total. The number of benzene rings is 11. The van der Waals surface area contributed by atoms with Crippen molar-refractivity contribution in [1.29, 1.82) is 0 Å². The van der Waals surface area contributed by atoms with E-state index in [1.807, 2.05) is 84.9 Å². The third-order valence-corrected chi connectivity index (χ3v) is 15.3. The summed E-state index contributed by atoms with van der Waals surface area (Å²) in [6.45, 7) is 0. The van der Waals surface area contributed by atoms with Gasteiger partial charge in [0, 0.05) is 39.3 Å². The summed E-state index contributed by atoms with van der Waals surface area (Å²) >= 11 is 0. The van der Waals surface area contributed by atoms with Crippen molar-refractivity contribution in [1.82, 2.24) is 0 Å². The second-order valence-electron chi connectivity index (χ2n) is 19.6. The van der Waals surface area contributed by atoms with E-state index in [-0.39, 0.29) is 28.3 Å². The molecule has 11 aromatic carbocycles. The Bertz CT molecular complexity index is 4610. The Morgan fingerprint density at radius 1 is 0.481 bits per heavy atom. The maximum atomic E-state index is 10.0. The predicted molar refractivity (Wildman–Crippen MR) is 322 cm³/mol. The molecule has 14 rings (SSSR count). The summed E-state index contributed by atoms with van der Waals surface area (Å²) in [5.74, 6) is 0.0355. The summed E-state index contributed by atoms with van der Waals surface area (Å²) in [7, 11) is 0. The Morgan fingerprint density at radius 3 is 1.75 bits per heavy atom. The monoisotopic (exact) mass is 991 g/mol. The normalized spacial score (nSPS) is 16.0. The number of fused-ring (bicyclic) bond motifs is 6. The molecule has 0 saturated heterocycles. The largest absolute Gasteiger partial charge is 0.455 e. The van der Waals surface area contributed by atoms with E-state index in [2.05, 4.69) is 158 Å². The lowest BCUT2D eigenvalue weighted by molar-refractivity contribution is 0.670. The van der Waals surface area contributed by atoms with Gasteiger partial charge in [0.2, 0.25) is 0 Å². The fraction of sp³-hybridized carbons (Fsp3) is 0.0400. The van der Waals surface area contributed by atoms with Crippen LogP contribution in [0.25, 0.3) is 67.0 Å². The van der Waals surface area contributed by atoms with Crippen LogP contribution in [0.1, 0.15) is 62.2 Å². The Kier molecular flexibility index (Phi) is 9.60. The smallest absolute Gasteiger partial charge is 0.143 e. The van der Waals surface area contributed by atoms with Crippen molar-refractivity contribution in [3.8, 4) is 33.4 Å². The maximum absolute atomic E-state index is 10.0. The van der Waals surface area contributed by atoms with Crippen LogP contribution in [-0.4, -0.2) is 0 Å². The molecular formula is C75H53NO. The van der Waals surface area contributed by atoms with Crippen LogP contribution in [-0.2, 0) is 5.41 Å². The number of para-hydroxylation sites is 2. The maximum Gasteiger partial charge on any atom is 0.143 e. The van der Waals surface area contributed by atoms with Crippen LogP contribution in [0.4, 0.5) is 17.1 Å². The van der Waals surface area contributed by atoms with Gasteiger partial charge in [-0.1, -0.05) is 255 Å². The molecule has 1 unspecified atom stereocenters. The van der Waals surface area contributed by atoms with E-state index in [1.54, 1.807) is 17.0 Å². The van der Waals surface area contributed by atoms with Gasteiger partial charge in [0.25, 0.3) is 0 Å². The van der Waals surface area contributed by atoms with E-state index in [9.17, 15) is 11.0 Å². The minimum absolute atomic E-state index is 0.00255. The molecule has 0 spiro atoms. The summed E-state index contributed by atoms with van der Waals surface area (Å²) in [6.07, 6.45) is 9.70. The number of hydrogen-bond acceptors (Lipinski definition) is 2. The molecule has 77 heavy (non-hydrogen) atoms. The van der Waals surface area contributed by atoms with Crippen LogP contribution in [0.3, 0.4) is 0 Å². The Morgan fingerprint density at radius 2 is 1.05 bits per heavy atom. The SMILES string of the molecule is [2H]c1c([2H])c(-c2cccc3c2oc2ccccc23)c([2H])c([2H])c1-c1c([2H])c([2H])c(N(c2ccc(C3C=CC(/C(=C/c4ccccc4)c4ccccc4)=CC3)cc2)c2ccc3c(c2)C(c2ccccc2)(c2ccccc2)c2ccccc2-3)c([2H])c1[2H]. The van der Waals surface area contributed by atoms with Crippen LogP contribution in [0.2, 0.25) is 0 Å². The first-order valence-electron chi connectivity index (χ1n) is 30.1. The molecule has 1 atom stereocenters. The molecular weight excluding hydrogens is 931 g/mol. The van der Waals surface area contributed by atoms with E-state index in [1.165, 1.54) is 0 Å². The van der Waals surface area contributed by atoms with Crippen molar-refractivity contribution < 1.29 is 15.4 Å². The summed E-state index contributed by atoms with van der Waals surface area (Å²) < 4.78 is 84.0. The van der Waals surface area contributed by atoms with E-state index in [0.717, 1.165) is 78.4 Å². The molecule has 0 fully saturated rings. The zero-order valence-corrected chi connectivity index (χ0v) is 41.9. The van der Waals surface area contributed by atoms with Crippen molar-refractivity contribution >= 4 is 50.6 Å². The fourth-order valence-electron chi connectivity index (χ4n) is 11.6. The highest BCUT2D eigenvalue weighted by atomic mass is 16.3. The third-order valence-electron chi connectivity index (χ3n) is 15.3. The van der Waals surface area contributed by atoms with Gasteiger partial charge >= 0.3 is 0 Å². The molecule has 12 aromatic rings.